The summed E-state index contributed by atoms with van der Waals surface area (Å²) < 4.78 is 0. The van der Waals surface area contributed by atoms with Crippen LogP contribution in [0.3, 0.4) is 0 Å². The third-order valence-electron chi connectivity index (χ3n) is 3.05. The van der Waals surface area contributed by atoms with Gasteiger partial charge in [-0.15, -0.1) is 0 Å². The topological polar surface area (TPSA) is 49.3 Å². The zero-order valence-corrected chi connectivity index (χ0v) is 11.6. The predicted octanol–water partition coefficient (Wildman–Crippen LogP) is 3.61. The maximum atomic E-state index is 12.1. The maximum Gasteiger partial charge on any atom is 0.256 e. The zero-order valence-electron chi connectivity index (χ0n) is 10.9. The number of anilines is 1. The summed E-state index contributed by atoms with van der Waals surface area (Å²) in [5.74, 6) is -0.347. The zero-order chi connectivity index (χ0) is 13.6. The summed E-state index contributed by atoms with van der Waals surface area (Å²) in [6, 6.07) is 6.84. The summed E-state index contributed by atoms with van der Waals surface area (Å²) in [5.41, 5.74) is -0.636. The van der Waals surface area contributed by atoms with E-state index in [0.29, 0.717) is 23.6 Å². The second-order valence-corrected chi connectivity index (χ2v) is 4.89. The molecule has 0 fully saturated rings. The van der Waals surface area contributed by atoms with Crippen molar-refractivity contribution in [3.05, 3.63) is 29.3 Å². The molecule has 0 unspecified atom stereocenters. The minimum Gasteiger partial charge on any atom is -0.380 e. The number of unbranched alkanes of at least 4 members (excludes halogenated alkanes) is 1. The monoisotopic (exact) mass is 269 g/mol. The van der Waals surface area contributed by atoms with Gasteiger partial charge in [0.25, 0.3) is 5.91 Å². The van der Waals surface area contributed by atoms with Crippen LogP contribution in [0.2, 0.25) is 5.02 Å². The third kappa shape index (κ3) is 4.00. The van der Waals surface area contributed by atoms with Gasteiger partial charge >= 0.3 is 0 Å². The lowest BCUT2D eigenvalue weighted by molar-refractivity contribution is -0.135. The first kappa shape index (κ1) is 15.0. The fourth-order valence-electron chi connectivity index (χ4n) is 1.70. The molecule has 18 heavy (non-hydrogen) atoms. The van der Waals surface area contributed by atoms with E-state index in [0.717, 1.165) is 12.8 Å². The molecule has 0 aliphatic rings. The summed E-state index contributed by atoms with van der Waals surface area (Å²) in [4.78, 5) is 12.1. The fourth-order valence-corrected chi connectivity index (χ4v) is 1.83. The summed E-state index contributed by atoms with van der Waals surface area (Å²) in [6.07, 6.45) is 2.68. The van der Waals surface area contributed by atoms with Crippen molar-refractivity contribution in [2.45, 2.75) is 45.1 Å². The van der Waals surface area contributed by atoms with Gasteiger partial charge in [0.05, 0.1) is 0 Å². The molecule has 0 radical (unpaired) electrons. The van der Waals surface area contributed by atoms with Gasteiger partial charge in [-0.2, -0.15) is 0 Å². The molecular formula is C14H20ClNO2. The molecule has 0 spiro atoms. The van der Waals surface area contributed by atoms with Gasteiger partial charge in [-0.1, -0.05) is 38.3 Å². The molecule has 0 bridgehead atoms. The number of amides is 1. The van der Waals surface area contributed by atoms with Gasteiger partial charge in [0.15, 0.2) is 0 Å². The van der Waals surface area contributed by atoms with E-state index in [9.17, 15) is 9.90 Å². The second-order valence-electron chi connectivity index (χ2n) is 4.45. The van der Waals surface area contributed by atoms with E-state index in [4.69, 9.17) is 11.6 Å². The molecule has 4 heteroatoms. The van der Waals surface area contributed by atoms with Gasteiger partial charge in [-0.25, -0.2) is 0 Å². The SMILES string of the molecule is CCCC[C@@](O)(CC)C(=O)Nc1ccc(Cl)cc1. The molecule has 100 valence electrons. The van der Waals surface area contributed by atoms with Crippen LogP contribution in [-0.2, 0) is 4.79 Å². The Balaban J connectivity index is 2.70. The van der Waals surface area contributed by atoms with E-state index >= 15 is 0 Å². The Labute approximate surface area is 113 Å². The summed E-state index contributed by atoms with van der Waals surface area (Å²) in [5, 5.41) is 13.6. The smallest absolute Gasteiger partial charge is 0.256 e. The molecule has 1 rings (SSSR count). The fraction of sp³-hybridized carbons (Fsp3) is 0.500. The molecule has 3 nitrogen and oxygen atoms in total. The van der Waals surface area contributed by atoms with Crippen molar-refractivity contribution in [2.75, 3.05) is 5.32 Å². The summed E-state index contributed by atoms with van der Waals surface area (Å²) >= 11 is 5.77. The molecule has 1 atom stereocenters. The number of halogens is 1. The Bertz CT molecular complexity index is 391. The van der Waals surface area contributed by atoms with Crippen LogP contribution in [0.25, 0.3) is 0 Å². The Morgan fingerprint density at radius 3 is 2.44 bits per heavy atom. The lowest BCUT2D eigenvalue weighted by Crippen LogP contribution is -2.42. The highest BCUT2D eigenvalue weighted by Crippen LogP contribution is 2.21. The minimum atomic E-state index is -1.28. The minimum absolute atomic E-state index is 0.347. The van der Waals surface area contributed by atoms with Crippen LogP contribution in [0.1, 0.15) is 39.5 Å². The highest BCUT2D eigenvalue weighted by Gasteiger charge is 2.33. The predicted molar refractivity (Wildman–Crippen MR) is 74.8 cm³/mol. The molecular weight excluding hydrogens is 250 g/mol. The first-order valence-electron chi connectivity index (χ1n) is 6.31. The normalized spacial score (nSPS) is 14.0. The largest absolute Gasteiger partial charge is 0.380 e. The Morgan fingerprint density at radius 2 is 1.94 bits per heavy atom. The average molecular weight is 270 g/mol. The van der Waals surface area contributed by atoms with E-state index in [1.165, 1.54) is 0 Å². The molecule has 0 aromatic heterocycles. The standard InChI is InChI=1S/C14H20ClNO2/c1-3-5-10-14(18,4-2)13(17)16-12-8-6-11(15)7-9-12/h6-9,18H,3-5,10H2,1-2H3,(H,16,17)/t14-/m0/s1. The van der Waals surface area contributed by atoms with Crippen LogP contribution < -0.4 is 5.32 Å². The summed E-state index contributed by atoms with van der Waals surface area (Å²) in [7, 11) is 0. The molecule has 0 aliphatic carbocycles. The molecule has 1 aromatic rings. The van der Waals surface area contributed by atoms with Crippen molar-refractivity contribution in [3.63, 3.8) is 0 Å². The molecule has 1 aromatic carbocycles. The van der Waals surface area contributed by atoms with E-state index in [-0.39, 0.29) is 5.91 Å². The van der Waals surface area contributed by atoms with Crippen LogP contribution in [-0.4, -0.2) is 16.6 Å². The Kier molecular flexibility index (Phi) is 5.63. The van der Waals surface area contributed by atoms with Gasteiger partial charge in [0.2, 0.25) is 0 Å². The van der Waals surface area contributed by atoms with E-state index in [1.54, 1.807) is 24.3 Å². The van der Waals surface area contributed by atoms with Crippen LogP contribution in [0.5, 0.6) is 0 Å². The Morgan fingerprint density at radius 1 is 1.33 bits per heavy atom. The van der Waals surface area contributed by atoms with Crippen molar-refractivity contribution in [1.29, 1.82) is 0 Å². The van der Waals surface area contributed by atoms with E-state index in [1.807, 2.05) is 13.8 Å². The van der Waals surface area contributed by atoms with Crippen molar-refractivity contribution >= 4 is 23.2 Å². The lowest BCUT2D eigenvalue weighted by atomic mass is 9.93. The van der Waals surface area contributed by atoms with Gasteiger partial charge in [0, 0.05) is 10.7 Å². The lowest BCUT2D eigenvalue weighted by Gasteiger charge is -2.25. The average Bonchev–Trinajstić information content (AvgIpc) is 2.38. The summed E-state index contributed by atoms with van der Waals surface area (Å²) in [6.45, 7) is 3.85. The van der Waals surface area contributed by atoms with E-state index < -0.39 is 5.60 Å². The van der Waals surface area contributed by atoms with Crippen molar-refractivity contribution < 1.29 is 9.90 Å². The molecule has 1 amide bonds. The van der Waals surface area contributed by atoms with Gasteiger partial charge in [-0.3, -0.25) is 4.79 Å². The number of carbonyl (C=O) groups excluding carboxylic acids is 1. The quantitative estimate of drug-likeness (QED) is 0.829. The number of aliphatic hydroxyl groups is 1. The second kappa shape index (κ2) is 6.76. The van der Waals surface area contributed by atoms with Crippen LogP contribution in [0.15, 0.2) is 24.3 Å². The molecule has 2 N–H and O–H groups in total. The van der Waals surface area contributed by atoms with Crippen LogP contribution >= 0.6 is 11.6 Å². The first-order valence-corrected chi connectivity index (χ1v) is 6.69. The number of hydrogen-bond acceptors (Lipinski definition) is 2. The number of hydrogen-bond donors (Lipinski definition) is 2. The number of carbonyl (C=O) groups is 1. The Hall–Kier alpha value is -1.06. The van der Waals surface area contributed by atoms with Crippen molar-refractivity contribution in [1.82, 2.24) is 0 Å². The van der Waals surface area contributed by atoms with Gasteiger partial charge in [-0.05, 0) is 37.1 Å². The molecule has 0 aliphatic heterocycles. The number of rotatable bonds is 6. The third-order valence-corrected chi connectivity index (χ3v) is 3.31. The van der Waals surface area contributed by atoms with Crippen LogP contribution in [0, 0.1) is 0 Å². The number of nitrogens with one attached hydrogen (secondary N) is 1. The van der Waals surface area contributed by atoms with Crippen molar-refractivity contribution in [2.24, 2.45) is 0 Å². The highest BCUT2D eigenvalue weighted by atomic mass is 35.5. The number of benzene rings is 1. The van der Waals surface area contributed by atoms with Crippen LogP contribution in [0.4, 0.5) is 5.69 Å². The molecule has 0 saturated heterocycles. The molecule has 0 saturated carbocycles. The van der Waals surface area contributed by atoms with Gasteiger partial charge < -0.3 is 10.4 Å². The molecule has 0 heterocycles. The van der Waals surface area contributed by atoms with E-state index in [2.05, 4.69) is 5.32 Å². The van der Waals surface area contributed by atoms with Crippen molar-refractivity contribution in [3.8, 4) is 0 Å². The van der Waals surface area contributed by atoms with Gasteiger partial charge in [0.1, 0.15) is 5.60 Å². The highest BCUT2D eigenvalue weighted by molar-refractivity contribution is 6.30. The maximum absolute atomic E-state index is 12.1. The first-order chi connectivity index (χ1) is 8.51.